The molecular formula is C17H8ClN3O3. The van der Waals surface area contributed by atoms with Crippen LogP contribution in [0.2, 0.25) is 5.02 Å². The van der Waals surface area contributed by atoms with Crippen LogP contribution in [0.1, 0.15) is 5.56 Å². The summed E-state index contributed by atoms with van der Waals surface area (Å²) in [5, 5.41) is 10.1. The summed E-state index contributed by atoms with van der Waals surface area (Å²) in [5.41, 5.74) is 0.383. The van der Waals surface area contributed by atoms with E-state index in [2.05, 4.69) is 4.98 Å². The average Bonchev–Trinajstić information content (AvgIpc) is 2.94. The molecule has 0 amide bonds. The van der Waals surface area contributed by atoms with Gasteiger partial charge in [0.2, 0.25) is 5.58 Å². The number of halogens is 1. The van der Waals surface area contributed by atoms with Crippen LogP contribution in [-0.4, -0.2) is 9.55 Å². The van der Waals surface area contributed by atoms with Crippen molar-refractivity contribution in [2.45, 2.75) is 0 Å². The van der Waals surface area contributed by atoms with Crippen LogP contribution in [0.5, 0.6) is 0 Å². The van der Waals surface area contributed by atoms with Crippen molar-refractivity contribution in [3.63, 3.8) is 0 Å². The average molecular weight is 338 g/mol. The summed E-state index contributed by atoms with van der Waals surface area (Å²) in [6.07, 6.45) is 0. The lowest BCUT2D eigenvalue weighted by molar-refractivity contribution is 0.658. The van der Waals surface area contributed by atoms with E-state index in [0.29, 0.717) is 32.8 Å². The quantitative estimate of drug-likeness (QED) is 0.578. The van der Waals surface area contributed by atoms with E-state index in [-0.39, 0.29) is 5.58 Å². The molecule has 6 nitrogen and oxygen atoms in total. The molecule has 4 rings (SSSR count). The summed E-state index contributed by atoms with van der Waals surface area (Å²) in [6.45, 7) is 0. The number of hydrogen-bond donors (Lipinski definition) is 1. The lowest BCUT2D eigenvalue weighted by atomic mass is 10.2. The zero-order valence-corrected chi connectivity index (χ0v) is 12.8. The number of rotatable bonds is 1. The molecule has 0 aliphatic heterocycles. The molecule has 0 bridgehead atoms. The molecular weight excluding hydrogens is 330 g/mol. The van der Waals surface area contributed by atoms with Crippen molar-refractivity contribution >= 4 is 33.7 Å². The number of aromatic nitrogens is 2. The molecule has 0 fully saturated rings. The SMILES string of the molecule is N#Cc1cccc(-n2c(=O)[nH]c(=O)c3oc4ccc(Cl)cc4c32)c1. The van der Waals surface area contributed by atoms with E-state index in [1.165, 1.54) is 4.57 Å². The van der Waals surface area contributed by atoms with Gasteiger partial charge in [-0.05, 0) is 36.4 Å². The smallest absolute Gasteiger partial charge is 0.333 e. The molecule has 1 N–H and O–H groups in total. The minimum absolute atomic E-state index is 0.0224. The number of aromatic amines is 1. The first kappa shape index (κ1) is 14.3. The highest BCUT2D eigenvalue weighted by molar-refractivity contribution is 6.31. The van der Waals surface area contributed by atoms with Crippen LogP contribution in [0.4, 0.5) is 0 Å². The fourth-order valence-electron chi connectivity index (χ4n) is 2.70. The summed E-state index contributed by atoms with van der Waals surface area (Å²) in [5.74, 6) is 0. The zero-order chi connectivity index (χ0) is 16.8. The maximum atomic E-state index is 12.4. The standard InChI is InChI=1S/C17H8ClN3O3/c18-10-4-5-13-12(7-10)14-15(24-13)16(22)20-17(23)21(14)11-3-1-2-9(6-11)8-19/h1-7H,(H,20,22,23). The Morgan fingerprint density at radius 3 is 2.79 bits per heavy atom. The molecule has 4 aromatic rings. The number of nitrogens with zero attached hydrogens (tertiary/aromatic N) is 2. The normalized spacial score (nSPS) is 11.0. The van der Waals surface area contributed by atoms with Crippen LogP contribution in [-0.2, 0) is 0 Å². The Balaban J connectivity index is 2.25. The summed E-state index contributed by atoms with van der Waals surface area (Å²) < 4.78 is 6.89. The van der Waals surface area contributed by atoms with Gasteiger partial charge in [0.05, 0.1) is 17.3 Å². The van der Waals surface area contributed by atoms with Crippen LogP contribution < -0.4 is 11.2 Å². The number of nitrogens with one attached hydrogen (secondary N) is 1. The second-order valence-electron chi connectivity index (χ2n) is 5.18. The van der Waals surface area contributed by atoms with Gasteiger partial charge >= 0.3 is 5.69 Å². The van der Waals surface area contributed by atoms with Gasteiger partial charge in [-0.25, -0.2) is 4.79 Å². The van der Waals surface area contributed by atoms with E-state index in [0.717, 1.165) is 0 Å². The minimum atomic E-state index is -0.620. The Hall–Kier alpha value is -3.30. The van der Waals surface area contributed by atoms with Crippen LogP contribution >= 0.6 is 11.6 Å². The summed E-state index contributed by atoms with van der Waals surface area (Å²) >= 11 is 6.04. The lowest BCUT2D eigenvalue weighted by Crippen LogP contribution is -2.28. The maximum absolute atomic E-state index is 12.4. The first-order valence-electron chi connectivity index (χ1n) is 6.96. The summed E-state index contributed by atoms with van der Waals surface area (Å²) in [4.78, 5) is 26.8. The van der Waals surface area contributed by atoms with E-state index >= 15 is 0 Å². The highest BCUT2D eigenvalue weighted by Gasteiger charge is 2.17. The van der Waals surface area contributed by atoms with Gasteiger partial charge in [0.25, 0.3) is 5.56 Å². The van der Waals surface area contributed by atoms with Crippen molar-refractivity contribution in [3.05, 3.63) is 73.9 Å². The third-order valence-electron chi connectivity index (χ3n) is 3.71. The Morgan fingerprint density at radius 1 is 1.17 bits per heavy atom. The predicted molar refractivity (Wildman–Crippen MR) is 89.7 cm³/mol. The zero-order valence-electron chi connectivity index (χ0n) is 12.0. The second kappa shape index (κ2) is 5.11. The number of furan rings is 1. The monoisotopic (exact) mass is 337 g/mol. The van der Waals surface area contributed by atoms with E-state index < -0.39 is 11.2 Å². The fraction of sp³-hybridized carbons (Fsp3) is 0. The minimum Gasteiger partial charge on any atom is -0.449 e. The van der Waals surface area contributed by atoms with E-state index in [9.17, 15) is 9.59 Å². The van der Waals surface area contributed by atoms with Gasteiger partial charge in [-0.2, -0.15) is 5.26 Å². The van der Waals surface area contributed by atoms with Crippen molar-refractivity contribution in [1.29, 1.82) is 5.26 Å². The Kier molecular flexibility index (Phi) is 3.05. The summed E-state index contributed by atoms with van der Waals surface area (Å²) in [7, 11) is 0. The molecule has 7 heteroatoms. The number of fused-ring (bicyclic) bond motifs is 3. The number of hydrogen-bond acceptors (Lipinski definition) is 4. The molecule has 0 unspecified atom stereocenters. The second-order valence-corrected chi connectivity index (χ2v) is 5.61. The summed E-state index contributed by atoms with van der Waals surface area (Å²) in [6, 6.07) is 13.4. The molecule has 0 saturated heterocycles. The molecule has 0 atom stereocenters. The maximum Gasteiger partial charge on any atom is 0.333 e. The molecule has 24 heavy (non-hydrogen) atoms. The van der Waals surface area contributed by atoms with Crippen LogP contribution in [0, 0.1) is 11.3 Å². The Bertz CT molecular complexity index is 1270. The van der Waals surface area contributed by atoms with E-state index in [4.69, 9.17) is 21.3 Å². The highest BCUT2D eigenvalue weighted by Crippen LogP contribution is 2.29. The molecule has 2 aromatic heterocycles. The molecule has 0 saturated carbocycles. The first-order valence-corrected chi connectivity index (χ1v) is 7.34. The van der Waals surface area contributed by atoms with Crippen molar-refractivity contribution in [1.82, 2.24) is 9.55 Å². The topological polar surface area (TPSA) is 91.8 Å². The molecule has 0 aliphatic carbocycles. The van der Waals surface area contributed by atoms with Crippen molar-refractivity contribution < 1.29 is 4.42 Å². The van der Waals surface area contributed by atoms with Crippen molar-refractivity contribution in [2.24, 2.45) is 0 Å². The number of H-pyrrole nitrogens is 1. The third-order valence-corrected chi connectivity index (χ3v) is 3.95. The van der Waals surface area contributed by atoms with Gasteiger partial charge in [-0.3, -0.25) is 14.3 Å². The van der Waals surface area contributed by atoms with E-state index in [1.807, 2.05) is 6.07 Å². The Labute approximate surface area is 139 Å². The molecule has 2 heterocycles. The molecule has 0 spiro atoms. The van der Waals surface area contributed by atoms with Gasteiger partial charge in [0.1, 0.15) is 11.1 Å². The Morgan fingerprint density at radius 2 is 2.00 bits per heavy atom. The highest BCUT2D eigenvalue weighted by atomic mass is 35.5. The molecule has 2 aromatic carbocycles. The van der Waals surface area contributed by atoms with Crippen LogP contribution in [0.15, 0.2) is 56.5 Å². The van der Waals surface area contributed by atoms with Gasteiger partial charge in [0, 0.05) is 10.4 Å². The van der Waals surface area contributed by atoms with Gasteiger partial charge in [-0.1, -0.05) is 17.7 Å². The van der Waals surface area contributed by atoms with Crippen LogP contribution in [0.3, 0.4) is 0 Å². The van der Waals surface area contributed by atoms with Gasteiger partial charge in [0.15, 0.2) is 0 Å². The molecule has 0 radical (unpaired) electrons. The fourth-order valence-corrected chi connectivity index (χ4v) is 2.88. The van der Waals surface area contributed by atoms with Crippen LogP contribution in [0.25, 0.3) is 27.8 Å². The largest absolute Gasteiger partial charge is 0.449 e. The first-order chi connectivity index (χ1) is 11.6. The molecule has 0 aliphatic rings. The van der Waals surface area contributed by atoms with Crippen molar-refractivity contribution in [3.8, 4) is 11.8 Å². The predicted octanol–water partition coefficient (Wildman–Crippen LogP) is 2.95. The lowest BCUT2D eigenvalue weighted by Gasteiger charge is -2.07. The van der Waals surface area contributed by atoms with Gasteiger partial charge in [-0.15, -0.1) is 0 Å². The van der Waals surface area contributed by atoms with E-state index in [1.54, 1.807) is 42.5 Å². The third kappa shape index (κ3) is 2.03. The van der Waals surface area contributed by atoms with Crippen molar-refractivity contribution in [2.75, 3.05) is 0 Å². The van der Waals surface area contributed by atoms with Gasteiger partial charge < -0.3 is 4.42 Å². The molecule has 116 valence electrons. The number of benzene rings is 2. The number of nitriles is 1.